The molecule has 110 valence electrons. The van der Waals surface area contributed by atoms with Crippen molar-refractivity contribution in [1.82, 2.24) is 24.7 Å². The molecule has 22 heavy (non-hydrogen) atoms. The summed E-state index contributed by atoms with van der Waals surface area (Å²) in [6.07, 6.45) is 1.62. The number of imidazole rings is 1. The summed E-state index contributed by atoms with van der Waals surface area (Å²) in [5.41, 5.74) is 3.64. The molecule has 0 saturated heterocycles. The molecule has 0 unspecified atom stereocenters. The van der Waals surface area contributed by atoms with Crippen LogP contribution in [0.15, 0.2) is 29.2 Å². The van der Waals surface area contributed by atoms with E-state index in [1.165, 1.54) is 4.68 Å². The van der Waals surface area contributed by atoms with Gasteiger partial charge < -0.3 is 9.97 Å². The van der Waals surface area contributed by atoms with Gasteiger partial charge in [0, 0.05) is 18.6 Å². The Morgan fingerprint density at radius 2 is 2.00 bits per heavy atom. The van der Waals surface area contributed by atoms with Crippen molar-refractivity contribution in [2.75, 3.05) is 0 Å². The smallest absolute Gasteiger partial charge is 0.305 e. The van der Waals surface area contributed by atoms with Crippen LogP contribution in [0, 0.1) is 12.9 Å². The Bertz CT molecular complexity index is 1090. The van der Waals surface area contributed by atoms with E-state index in [0.29, 0.717) is 22.2 Å². The first-order valence-electron chi connectivity index (χ1n) is 6.75. The first-order valence-corrected chi connectivity index (χ1v) is 6.75. The van der Waals surface area contributed by atoms with Gasteiger partial charge in [0.1, 0.15) is 0 Å². The number of H-pyrrole nitrogens is 2. The number of aromatic nitrogens is 5. The summed E-state index contributed by atoms with van der Waals surface area (Å²) in [7, 11) is 1.67. The van der Waals surface area contributed by atoms with E-state index in [1.54, 1.807) is 19.3 Å². The van der Waals surface area contributed by atoms with Crippen molar-refractivity contribution in [3.8, 4) is 11.1 Å². The molecule has 0 saturated carbocycles. The number of nitrogens with zero attached hydrogens (tertiary/aromatic N) is 3. The fourth-order valence-corrected chi connectivity index (χ4v) is 2.75. The lowest BCUT2D eigenvalue weighted by Crippen LogP contribution is -1.99. The average Bonchev–Trinajstić information content (AvgIpc) is 3.02. The second-order valence-corrected chi connectivity index (χ2v) is 5.27. The molecule has 7 heteroatoms. The number of aromatic amines is 2. The third-order valence-corrected chi connectivity index (χ3v) is 3.74. The fraction of sp³-hybridized carbons (Fsp3) is 0.133. The molecule has 0 radical (unpaired) electrons. The van der Waals surface area contributed by atoms with Gasteiger partial charge in [0.25, 0.3) is 0 Å². The van der Waals surface area contributed by atoms with Crippen molar-refractivity contribution in [2.24, 2.45) is 7.05 Å². The highest BCUT2D eigenvalue weighted by Gasteiger charge is 2.13. The van der Waals surface area contributed by atoms with Gasteiger partial charge in [-0.2, -0.15) is 4.39 Å². The highest BCUT2D eigenvalue weighted by atomic mass is 19.1. The molecule has 0 aliphatic carbocycles. The van der Waals surface area contributed by atoms with Gasteiger partial charge in [0.2, 0.25) is 5.95 Å². The van der Waals surface area contributed by atoms with Gasteiger partial charge in [0.05, 0.1) is 27.8 Å². The van der Waals surface area contributed by atoms with Crippen LogP contribution in [0.3, 0.4) is 0 Å². The van der Waals surface area contributed by atoms with Crippen molar-refractivity contribution in [3.05, 3.63) is 46.5 Å². The molecule has 0 aliphatic rings. The van der Waals surface area contributed by atoms with Crippen LogP contribution in [-0.2, 0) is 7.05 Å². The Balaban J connectivity index is 2.08. The normalized spacial score (nSPS) is 11.6. The first-order chi connectivity index (χ1) is 10.5. The molecule has 4 aromatic rings. The van der Waals surface area contributed by atoms with E-state index in [1.807, 2.05) is 19.1 Å². The number of benzene rings is 1. The minimum atomic E-state index is -0.527. The Morgan fingerprint density at radius 1 is 1.23 bits per heavy atom. The number of fused-ring (bicyclic) bond motifs is 3. The van der Waals surface area contributed by atoms with Crippen LogP contribution in [0.5, 0.6) is 0 Å². The highest BCUT2D eigenvalue weighted by Crippen LogP contribution is 2.29. The zero-order valence-corrected chi connectivity index (χ0v) is 11.9. The second-order valence-electron chi connectivity index (χ2n) is 5.27. The van der Waals surface area contributed by atoms with Crippen molar-refractivity contribution < 1.29 is 4.39 Å². The molecule has 3 aromatic heterocycles. The number of pyridine rings is 1. The standard InChI is InChI=1S/C15H12FN5O/c1-7-12-13(19-15(22)18-12)9-5-8(3-4-11(9)17-7)10-6-21(2)20-14(10)16/h3-6H,1-2H3,(H2,18,19,22). The fourth-order valence-electron chi connectivity index (χ4n) is 2.75. The molecule has 3 heterocycles. The number of rotatable bonds is 1. The summed E-state index contributed by atoms with van der Waals surface area (Å²) in [6.45, 7) is 1.83. The quantitative estimate of drug-likeness (QED) is 0.565. The van der Waals surface area contributed by atoms with Gasteiger partial charge in [-0.3, -0.25) is 9.67 Å². The lowest BCUT2D eigenvalue weighted by atomic mass is 10.0. The number of hydrogen-bond acceptors (Lipinski definition) is 3. The van der Waals surface area contributed by atoms with Gasteiger partial charge >= 0.3 is 5.69 Å². The topological polar surface area (TPSA) is 79.4 Å². The Kier molecular flexibility index (Phi) is 2.47. The van der Waals surface area contributed by atoms with Gasteiger partial charge in [-0.15, -0.1) is 5.10 Å². The number of aryl methyl sites for hydroxylation is 2. The van der Waals surface area contributed by atoms with E-state index in [4.69, 9.17) is 0 Å². The molecule has 4 rings (SSSR count). The Hall–Kier alpha value is -2.96. The molecule has 6 nitrogen and oxygen atoms in total. The maximum absolute atomic E-state index is 13.9. The predicted octanol–water partition coefficient (Wildman–Crippen LogP) is 2.25. The van der Waals surface area contributed by atoms with Gasteiger partial charge in [0.15, 0.2) is 0 Å². The van der Waals surface area contributed by atoms with Crippen LogP contribution in [0.2, 0.25) is 0 Å². The van der Waals surface area contributed by atoms with Crippen LogP contribution in [0.25, 0.3) is 33.1 Å². The molecular formula is C15H12FN5O. The summed E-state index contributed by atoms with van der Waals surface area (Å²) in [5.74, 6) is -0.527. The predicted molar refractivity (Wildman–Crippen MR) is 81.1 cm³/mol. The largest absolute Gasteiger partial charge is 0.323 e. The van der Waals surface area contributed by atoms with E-state index >= 15 is 0 Å². The van der Waals surface area contributed by atoms with Crippen LogP contribution in [0.4, 0.5) is 4.39 Å². The molecule has 0 fully saturated rings. The van der Waals surface area contributed by atoms with E-state index in [-0.39, 0.29) is 5.69 Å². The second kappa shape index (κ2) is 4.27. The average molecular weight is 297 g/mol. The summed E-state index contributed by atoms with van der Waals surface area (Å²) in [4.78, 5) is 21.6. The zero-order chi connectivity index (χ0) is 15.4. The number of nitrogens with one attached hydrogen (secondary N) is 2. The molecule has 2 N–H and O–H groups in total. The number of hydrogen-bond donors (Lipinski definition) is 2. The third kappa shape index (κ3) is 1.75. The van der Waals surface area contributed by atoms with E-state index in [0.717, 1.165) is 16.6 Å². The SMILES string of the molecule is Cc1nc2ccc(-c3cn(C)nc3F)cc2c2[nH]c(=O)[nH]c12. The van der Waals surface area contributed by atoms with E-state index < -0.39 is 5.95 Å². The van der Waals surface area contributed by atoms with Gasteiger partial charge in [-0.1, -0.05) is 6.07 Å². The summed E-state index contributed by atoms with van der Waals surface area (Å²) in [5, 5.41) is 4.48. The van der Waals surface area contributed by atoms with Crippen molar-refractivity contribution in [2.45, 2.75) is 6.92 Å². The lowest BCUT2D eigenvalue weighted by molar-refractivity contribution is 0.555. The molecule has 0 aliphatic heterocycles. The summed E-state index contributed by atoms with van der Waals surface area (Å²) < 4.78 is 15.3. The summed E-state index contributed by atoms with van der Waals surface area (Å²) in [6, 6.07) is 5.42. The van der Waals surface area contributed by atoms with Crippen LogP contribution < -0.4 is 5.69 Å². The van der Waals surface area contributed by atoms with Crippen molar-refractivity contribution >= 4 is 21.9 Å². The minimum absolute atomic E-state index is 0.287. The van der Waals surface area contributed by atoms with Gasteiger partial charge in [-0.05, 0) is 24.6 Å². The summed E-state index contributed by atoms with van der Waals surface area (Å²) >= 11 is 0. The maximum atomic E-state index is 13.9. The van der Waals surface area contributed by atoms with Gasteiger partial charge in [-0.25, -0.2) is 4.79 Å². The number of halogens is 1. The Labute approximate surface area is 123 Å². The van der Waals surface area contributed by atoms with E-state index in [2.05, 4.69) is 20.1 Å². The zero-order valence-electron chi connectivity index (χ0n) is 11.9. The minimum Gasteiger partial charge on any atom is -0.305 e. The third-order valence-electron chi connectivity index (χ3n) is 3.74. The van der Waals surface area contributed by atoms with E-state index in [9.17, 15) is 9.18 Å². The van der Waals surface area contributed by atoms with Crippen LogP contribution in [-0.4, -0.2) is 24.7 Å². The molecule has 0 bridgehead atoms. The Morgan fingerprint density at radius 3 is 2.73 bits per heavy atom. The maximum Gasteiger partial charge on any atom is 0.323 e. The molecule has 1 aromatic carbocycles. The molecule has 0 amide bonds. The van der Waals surface area contributed by atoms with Crippen molar-refractivity contribution in [3.63, 3.8) is 0 Å². The van der Waals surface area contributed by atoms with Crippen LogP contribution >= 0.6 is 0 Å². The monoisotopic (exact) mass is 297 g/mol. The lowest BCUT2D eigenvalue weighted by Gasteiger charge is -2.04. The molecular weight excluding hydrogens is 285 g/mol. The first kappa shape index (κ1) is 12.8. The van der Waals surface area contributed by atoms with Crippen molar-refractivity contribution in [1.29, 1.82) is 0 Å². The highest BCUT2D eigenvalue weighted by molar-refractivity contribution is 6.04. The molecule has 0 atom stereocenters. The molecule has 0 spiro atoms. The van der Waals surface area contributed by atoms with Crippen LogP contribution in [0.1, 0.15) is 5.69 Å².